The van der Waals surface area contributed by atoms with Crippen LogP contribution in [-0.2, 0) is 26.2 Å². The van der Waals surface area contributed by atoms with Gasteiger partial charge in [0.05, 0.1) is 11.9 Å². The summed E-state index contributed by atoms with van der Waals surface area (Å²) in [6.07, 6.45) is 2.75. The van der Waals surface area contributed by atoms with Crippen molar-refractivity contribution in [2.45, 2.75) is 39.3 Å². The Labute approximate surface area is 211 Å². The van der Waals surface area contributed by atoms with E-state index in [4.69, 9.17) is 21.1 Å². The molecular formula is C24H30ClN3O6S. The molecule has 0 saturated carbocycles. The number of nitrogens with one attached hydrogen (secondary N) is 1. The first kappa shape index (κ1) is 26.6. The molecule has 2 amide bonds. The van der Waals surface area contributed by atoms with Gasteiger partial charge >= 0.3 is 0 Å². The van der Waals surface area contributed by atoms with Crippen LogP contribution in [0.2, 0.25) is 5.02 Å². The molecule has 1 aliphatic heterocycles. The van der Waals surface area contributed by atoms with Crippen molar-refractivity contribution >= 4 is 39.1 Å². The van der Waals surface area contributed by atoms with Crippen LogP contribution < -0.4 is 19.1 Å². The van der Waals surface area contributed by atoms with Crippen LogP contribution in [0.4, 0.5) is 5.69 Å². The molecule has 1 atom stereocenters. The monoisotopic (exact) mass is 523 g/mol. The molecule has 0 saturated heterocycles. The van der Waals surface area contributed by atoms with E-state index in [9.17, 15) is 18.0 Å². The molecule has 1 N–H and O–H groups in total. The number of sulfonamides is 1. The van der Waals surface area contributed by atoms with Gasteiger partial charge in [0.25, 0.3) is 0 Å². The Kier molecular flexibility index (Phi) is 8.85. The lowest BCUT2D eigenvalue weighted by Gasteiger charge is -2.31. The molecule has 1 unspecified atom stereocenters. The normalized spacial score (nSPS) is 13.3. The predicted molar refractivity (Wildman–Crippen MR) is 134 cm³/mol. The number of fused-ring (bicyclic) bond motifs is 1. The zero-order valence-corrected chi connectivity index (χ0v) is 21.6. The number of halogens is 1. The van der Waals surface area contributed by atoms with Gasteiger partial charge in [0.1, 0.15) is 12.6 Å². The van der Waals surface area contributed by atoms with Crippen molar-refractivity contribution in [1.82, 2.24) is 10.2 Å². The van der Waals surface area contributed by atoms with Crippen LogP contribution in [0.25, 0.3) is 0 Å². The second-order valence-corrected chi connectivity index (χ2v) is 10.6. The Balaban J connectivity index is 1.88. The summed E-state index contributed by atoms with van der Waals surface area (Å²) in [6, 6.07) is 10.8. The first-order valence-corrected chi connectivity index (χ1v) is 13.5. The van der Waals surface area contributed by atoms with Gasteiger partial charge in [-0.3, -0.25) is 13.9 Å². The molecule has 190 valence electrons. The summed E-state index contributed by atoms with van der Waals surface area (Å²) in [4.78, 5) is 27.7. The van der Waals surface area contributed by atoms with Crippen LogP contribution in [0.3, 0.4) is 0 Å². The van der Waals surface area contributed by atoms with Gasteiger partial charge in [-0.2, -0.15) is 0 Å². The maximum atomic E-state index is 13.5. The van der Waals surface area contributed by atoms with E-state index in [2.05, 4.69) is 5.32 Å². The van der Waals surface area contributed by atoms with E-state index in [1.807, 2.05) is 6.92 Å². The molecular weight excluding hydrogens is 494 g/mol. The van der Waals surface area contributed by atoms with E-state index >= 15 is 0 Å². The number of amides is 2. The molecule has 2 aromatic carbocycles. The minimum atomic E-state index is -3.84. The maximum Gasteiger partial charge on any atom is 0.244 e. The van der Waals surface area contributed by atoms with Crippen LogP contribution in [0.5, 0.6) is 11.5 Å². The molecule has 0 radical (unpaired) electrons. The summed E-state index contributed by atoms with van der Waals surface area (Å²) in [7, 11) is -3.84. The first-order valence-electron chi connectivity index (χ1n) is 11.3. The SMILES string of the molecule is CCCCNC(=O)C(C)N(Cc1cccc(Cl)c1)C(=O)CN(c1ccc2c(c1)OCO2)S(C)(=O)=O. The van der Waals surface area contributed by atoms with E-state index in [0.29, 0.717) is 28.6 Å². The Bertz CT molecular complexity index is 1170. The molecule has 2 aromatic rings. The smallest absolute Gasteiger partial charge is 0.244 e. The molecule has 3 rings (SSSR count). The predicted octanol–water partition coefficient (Wildman–Crippen LogP) is 3.17. The second-order valence-electron chi connectivity index (χ2n) is 8.28. The number of hydrogen-bond acceptors (Lipinski definition) is 6. The van der Waals surface area contributed by atoms with Crippen LogP contribution >= 0.6 is 11.6 Å². The van der Waals surface area contributed by atoms with Crippen LogP contribution in [0.1, 0.15) is 32.3 Å². The standard InChI is InChI=1S/C24H30ClN3O6S/c1-4-5-11-26-24(30)17(2)27(14-18-7-6-8-19(25)12-18)23(29)15-28(35(3,31)32)20-9-10-21-22(13-20)34-16-33-21/h6-10,12-13,17H,4-5,11,14-16H2,1-3H3,(H,26,30). The third-order valence-corrected chi connectivity index (χ3v) is 6.94. The minimum absolute atomic E-state index is 0.0364. The summed E-state index contributed by atoms with van der Waals surface area (Å²) in [5, 5.41) is 3.33. The fourth-order valence-corrected chi connectivity index (χ4v) is 4.66. The van der Waals surface area contributed by atoms with E-state index < -0.39 is 28.5 Å². The highest BCUT2D eigenvalue weighted by Crippen LogP contribution is 2.36. The summed E-state index contributed by atoms with van der Waals surface area (Å²) in [5.74, 6) is 0.0329. The molecule has 0 aliphatic carbocycles. The molecule has 35 heavy (non-hydrogen) atoms. The highest BCUT2D eigenvalue weighted by atomic mass is 35.5. The second kappa shape index (κ2) is 11.6. The van der Waals surface area contributed by atoms with E-state index in [-0.39, 0.29) is 24.9 Å². The third-order valence-electron chi connectivity index (χ3n) is 5.56. The van der Waals surface area contributed by atoms with Gasteiger partial charge in [0.2, 0.25) is 28.6 Å². The fraction of sp³-hybridized carbons (Fsp3) is 0.417. The molecule has 11 heteroatoms. The summed E-state index contributed by atoms with van der Waals surface area (Å²) in [6.45, 7) is 3.75. The first-order chi connectivity index (χ1) is 16.6. The van der Waals surface area contributed by atoms with Gasteiger partial charge < -0.3 is 19.7 Å². The highest BCUT2D eigenvalue weighted by molar-refractivity contribution is 7.92. The van der Waals surface area contributed by atoms with Crippen molar-refractivity contribution in [3.63, 3.8) is 0 Å². The summed E-state index contributed by atoms with van der Waals surface area (Å²) < 4.78 is 37.0. The average Bonchev–Trinajstić information content (AvgIpc) is 3.27. The number of unbranched alkanes of at least 4 members (excludes halogenated alkanes) is 1. The number of hydrogen-bond donors (Lipinski definition) is 1. The Morgan fingerprint density at radius 3 is 2.57 bits per heavy atom. The molecule has 0 spiro atoms. The van der Waals surface area contributed by atoms with Crippen molar-refractivity contribution in [1.29, 1.82) is 0 Å². The number of benzene rings is 2. The van der Waals surface area contributed by atoms with Crippen molar-refractivity contribution in [3.8, 4) is 11.5 Å². The quantitative estimate of drug-likeness (QED) is 0.454. The third kappa shape index (κ3) is 7.02. The number of rotatable bonds is 11. The summed E-state index contributed by atoms with van der Waals surface area (Å²) >= 11 is 6.11. The molecule has 1 heterocycles. The minimum Gasteiger partial charge on any atom is -0.454 e. The van der Waals surface area contributed by atoms with Crippen LogP contribution in [0.15, 0.2) is 42.5 Å². The van der Waals surface area contributed by atoms with Crippen molar-refractivity contribution in [2.75, 3.05) is 30.4 Å². The van der Waals surface area contributed by atoms with Gasteiger partial charge in [0.15, 0.2) is 11.5 Å². The lowest BCUT2D eigenvalue weighted by molar-refractivity contribution is -0.139. The maximum absolute atomic E-state index is 13.5. The fourth-order valence-electron chi connectivity index (χ4n) is 3.60. The van der Waals surface area contributed by atoms with Gasteiger partial charge in [-0.05, 0) is 43.2 Å². The number of carbonyl (C=O) groups excluding carboxylic acids is 2. The van der Waals surface area contributed by atoms with Gasteiger partial charge in [-0.25, -0.2) is 8.42 Å². The Hall–Kier alpha value is -2.98. The van der Waals surface area contributed by atoms with Crippen molar-refractivity contribution in [3.05, 3.63) is 53.1 Å². The van der Waals surface area contributed by atoms with Gasteiger partial charge in [-0.15, -0.1) is 0 Å². The van der Waals surface area contributed by atoms with E-state index in [0.717, 1.165) is 23.4 Å². The van der Waals surface area contributed by atoms with Crippen LogP contribution in [-0.4, -0.2) is 57.3 Å². The largest absolute Gasteiger partial charge is 0.454 e. The Morgan fingerprint density at radius 1 is 1.14 bits per heavy atom. The van der Waals surface area contributed by atoms with Crippen molar-refractivity contribution in [2.24, 2.45) is 0 Å². The molecule has 0 bridgehead atoms. The van der Waals surface area contributed by atoms with E-state index in [1.54, 1.807) is 43.3 Å². The van der Waals surface area contributed by atoms with Crippen LogP contribution in [0, 0.1) is 0 Å². The van der Waals surface area contributed by atoms with Gasteiger partial charge in [-0.1, -0.05) is 37.1 Å². The number of nitrogens with zero attached hydrogens (tertiary/aromatic N) is 2. The molecule has 9 nitrogen and oxygen atoms in total. The average molecular weight is 524 g/mol. The Morgan fingerprint density at radius 2 is 1.89 bits per heavy atom. The van der Waals surface area contributed by atoms with Gasteiger partial charge in [0, 0.05) is 24.2 Å². The summed E-state index contributed by atoms with van der Waals surface area (Å²) in [5.41, 5.74) is 0.973. The zero-order valence-electron chi connectivity index (χ0n) is 20.0. The van der Waals surface area contributed by atoms with E-state index in [1.165, 1.54) is 11.0 Å². The lowest BCUT2D eigenvalue weighted by atomic mass is 10.1. The zero-order chi connectivity index (χ0) is 25.6. The number of ether oxygens (including phenoxy) is 2. The number of carbonyl (C=O) groups is 2. The topological polar surface area (TPSA) is 105 Å². The van der Waals surface area contributed by atoms with Crippen molar-refractivity contribution < 1.29 is 27.5 Å². The molecule has 0 aromatic heterocycles. The lowest BCUT2D eigenvalue weighted by Crippen LogP contribution is -2.51. The highest BCUT2D eigenvalue weighted by Gasteiger charge is 2.30. The number of anilines is 1. The molecule has 1 aliphatic rings. The molecule has 0 fully saturated rings.